The van der Waals surface area contributed by atoms with E-state index in [2.05, 4.69) is 15.0 Å². The van der Waals surface area contributed by atoms with Gasteiger partial charge in [0.2, 0.25) is 11.2 Å². The predicted octanol–water partition coefficient (Wildman–Crippen LogP) is 1.79. The van der Waals surface area contributed by atoms with Crippen molar-refractivity contribution in [3.8, 4) is 0 Å². The maximum absolute atomic E-state index is 5.72. The van der Waals surface area contributed by atoms with Crippen LogP contribution in [0.5, 0.6) is 0 Å². The largest absolute Gasteiger partial charge is 0.368 e. The Bertz CT molecular complexity index is 321. The van der Waals surface area contributed by atoms with Gasteiger partial charge in [-0.2, -0.15) is 21.7 Å². The van der Waals surface area contributed by atoms with Gasteiger partial charge in [0, 0.05) is 6.42 Å². The summed E-state index contributed by atoms with van der Waals surface area (Å²) >= 11 is 7.73. The molecule has 1 saturated heterocycles. The summed E-state index contributed by atoms with van der Waals surface area (Å²) in [6.45, 7) is 0. The van der Waals surface area contributed by atoms with Crippen LogP contribution in [0.25, 0.3) is 0 Å². The molecule has 0 bridgehead atoms. The molecule has 0 atom stereocenters. The molecule has 2 heterocycles. The maximum Gasteiger partial charge on any atom is 0.227 e. The van der Waals surface area contributed by atoms with Crippen molar-refractivity contribution in [2.45, 2.75) is 19.3 Å². The number of aromatic nitrogens is 3. The van der Waals surface area contributed by atoms with Gasteiger partial charge < -0.3 is 5.73 Å². The standard InChI is InChI=1S/C9H13ClN4S/c10-8-12-7(13-9(11)14-8)5-6-1-3-15-4-2-6/h6H,1-5H2,(H2,11,12,13,14). The van der Waals surface area contributed by atoms with Crippen LogP contribution >= 0.6 is 23.4 Å². The highest BCUT2D eigenvalue weighted by Gasteiger charge is 2.16. The molecule has 1 aromatic rings. The van der Waals surface area contributed by atoms with Crippen LogP contribution in [0, 0.1) is 5.92 Å². The SMILES string of the molecule is Nc1nc(Cl)nc(CC2CCSCC2)n1. The summed E-state index contributed by atoms with van der Waals surface area (Å²) < 4.78 is 0. The summed E-state index contributed by atoms with van der Waals surface area (Å²) in [5, 5.41) is 0.197. The van der Waals surface area contributed by atoms with Gasteiger partial charge in [0.05, 0.1) is 0 Å². The third-order valence-corrected chi connectivity index (χ3v) is 3.70. The Morgan fingerprint density at radius 1 is 1.27 bits per heavy atom. The lowest BCUT2D eigenvalue weighted by atomic mass is 9.99. The quantitative estimate of drug-likeness (QED) is 0.859. The molecule has 82 valence electrons. The molecule has 2 N–H and O–H groups in total. The summed E-state index contributed by atoms with van der Waals surface area (Å²) in [5.41, 5.74) is 5.51. The van der Waals surface area contributed by atoms with Crippen LogP contribution in [0.2, 0.25) is 5.28 Å². The van der Waals surface area contributed by atoms with Gasteiger partial charge in [0.25, 0.3) is 0 Å². The molecule has 0 saturated carbocycles. The summed E-state index contributed by atoms with van der Waals surface area (Å²) in [4.78, 5) is 11.9. The third-order valence-electron chi connectivity index (χ3n) is 2.48. The van der Waals surface area contributed by atoms with Crippen molar-refractivity contribution in [2.75, 3.05) is 17.2 Å². The zero-order valence-electron chi connectivity index (χ0n) is 8.32. The van der Waals surface area contributed by atoms with Gasteiger partial charge in [0.15, 0.2) is 0 Å². The molecule has 6 heteroatoms. The van der Waals surface area contributed by atoms with Crippen molar-refractivity contribution in [3.05, 3.63) is 11.1 Å². The minimum Gasteiger partial charge on any atom is -0.368 e. The monoisotopic (exact) mass is 244 g/mol. The summed E-state index contributed by atoms with van der Waals surface area (Å²) in [7, 11) is 0. The Morgan fingerprint density at radius 2 is 2.00 bits per heavy atom. The normalized spacial score (nSPS) is 17.9. The van der Waals surface area contributed by atoms with Crippen LogP contribution in [0.4, 0.5) is 5.95 Å². The van der Waals surface area contributed by atoms with E-state index >= 15 is 0 Å². The van der Waals surface area contributed by atoms with Crippen LogP contribution in [-0.2, 0) is 6.42 Å². The van der Waals surface area contributed by atoms with Gasteiger partial charge in [-0.05, 0) is 41.9 Å². The van der Waals surface area contributed by atoms with Crippen molar-refractivity contribution < 1.29 is 0 Å². The van der Waals surface area contributed by atoms with Crippen molar-refractivity contribution in [1.29, 1.82) is 0 Å². The zero-order chi connectivity index (χ0) is 10.7. The second-order valence-electron chi connectivity index (χ2n) is 3.64. The molecule has 0 spiro atoms. The predicted molar refractivity (Wildman–Crippen MR) is 63.0 cm³/mol. The summed E-state index contributed by atoms with van der Waals surface area (Å²) in [6, 6.07) is 0. The van der Waals surface area contributed by atoms with E-state index in [0.717, 1.165) is 12.2 Å². The first kappa shape index (κ1) is 11.0. The molecule has 15 heavy (non-hydrogen) atoms. The number of halogens is 1. The number of nitrogens with two attached hydrogens (primary N) is 1. The van der Waals surface area contributed by atoms with E-state index < -0.39 is 0 Å². The van der Waals surface area contributed by atoms with E-state index in [4.69, 9.17) is 17.3 Å². The third kappa shape index (κ3) is 3.21. The van der Waals surface area contributed by atoms with Crippen molar-refractivity contribution in [1.82, 2.24) is 15.0 Å². The van der Waals surface area contributed by atoms with Gasteiger partial charge in [-0.25, -0.2) is 4.98 Å². The highest BCUT2D eigenvalue weighted by atomic mass is 35.5. The van der Waals surface area contributed by atoms with Gasteiger partial charge >= 0.3 is 0 Å². The van der Waals surface area contributed by atoms with E-state index in [1.165, 1.54) is 24.3 Å². The Morgan fingerprint density at radius 3 is 2.67 bits per heavy atom. The number of thioether (sulfide) groups is 1. The lowest BCUT2D eigenvalue weighted by Gasteiger charge is -2.20. The molecule has 0 aliphatic carbocycles. The first-order valence-electron chi connectivity index (χ1n) is 4.97. The van der Waals surface area contributed by atoms with Crippen molar-refractivity contribution in [2.24, 2.45) is 5.92 Å². The Labute approximate surface area is 98.0 Å². The summed E-state index contributed by atoms with van der Waals surface area (Å²) in [6.07, 6.45) is 3.33. The molecule has 0 amide bonds. The van der Waals surface area contributed by atoms with Gasteiger partial charge in [-0.15, -0.1) is 0 Å². The summed E-state index contributed by atoms with van der Waals surface area (Å²) in [5.74, 6) is 4.08. The number of hydrogen-bond donors (Lipinski definition) is 1. The highest BCUT2D eigenvalue weighted by Crippen LogP contribution is 2.25. The van der Waals surface area contributed by atoms with Crippen LogP contribution < -0.4 is 5.73 Å². The highest BCUT2D eigenvalue weighted by molar-refractivity contribution is 7.99. The lowest BCUT2D eigenvalue weighted by Crippen LogP contribution is -2.15. The molecule has 1 fully saturated rings. The molecule has 0 aromatic carbocycles. The topological polar surface area (TPSA) is 64.7 Å². The smallest absolute Gasteiger partial charge is 0.227 e. The fourth-order valence-electron chi connectivity index (χ4n) is 1.71. The number of anilines is 1. The average molecular weight is 245 g/mol. The van der Waals surface area contributed by atoms with E-state index in [1.54, 1.807) is 0 Å². The van der Waals surface area contributed by atoms with E-state index in [-0.39, 0.29) is 11.2 Å². The Kier molecular flexibility index (Phi) is 3.64. The van der Waals surface area contributed by atoms with Crippen molar-refractivity contribution >= 4 is 29.3 Å². The van der Waals surface area contributed by atoms with Crippen LogP contribution in [0.1, 0.15) is 18.7 Å². The van der Waals surface area contributed by atoms with Gasteiger partial charge in [-0.3, -0.25) is 0 Å². The molecule has 0 radical (unpaired) electrons. The van der Waals surface area contributed by atoms with Crippen LogP contribution in [0.3, 0.4) is 0 Å². The fraction of sp³-hybridized carbons (Fsp3) is 0.667. The van der Waals surface area contributed by atoms with E-state index in [1.807, 2.05) is 11.8 Å². The maximum atomic E-state index is 5.72. The lowest BCUT2D eigenvalue weighted by molar-refractivity contribution is 0.475. The van der Waals surface area contributed by atoms with Crippen LogP contribution in [-0.4, -0.2) is 26.5 Å². The second-order valence-corrected chi connectivity index (χ2v) is 5.20. The Hall–Kier alpha value is -0.550. The molecule has 1 aliphatic rings. The number of nitrogen functional groups attached to an aromatic ring is 1. The minimum atomic E-state index is 0.197. The van der Waals surface area contributed by atoms with E-state index in [0.29, 0.717) is 5.92 Å². The molecular weight excluding hydrogens is 232 g/mol. The molecule has 1 aromatic heterocycles. The Balaban J connectivity index is 2.02. The first-order chi connectivity index (χ1) is 7.24. The van der Waals surface area contributed by atoms with Gasteiger partial charge in [0.1, 0.15) is 5.82 Å². The first-order valence-corrected chi connectivity index (χ1v) is 6.51. The molecule has 4 nitrogen and oxygen atoms in total. The minimum absolute atomic E-state index is 0.197. The number of nitrogens with zero attached hydrogens (tertiary/aromatic N) is 3. The molecular formula is C9H13ClN4S. The number of rotatable bonds is 2. The zero-order valence-corrected chi connectivity index (χ0v) is 9.89. The van der Waals surface area contributed by atoms with Gasteiger partial charge in [-0.1, -0.05) is 0 Å². The second kappa shape index (κ2) is 4.99. The number of hydrogen-bond acceptors (Lipinski definition) is 5. The fourth-order valence-corrected chi connectivity index (χ4v) is 3.10. The molecule has 1 aliphatic heterocycles. The van der Waals surface area contributed by atoms with Crippen LogP contribution in [0.15, 0.2) is 0 Å². The van der Waals surface area contributed by atoms with E-state index in [9.17, 15) is 0 Å². The molecule has 2 rings (SSSR count). The molecule has 0 unspecified atom stereocenters. The van der Waals surface area contributed by atoms with Crippen molar-refractivity contribution in [3.63, 3.8) is 0 Å². The average Bonchev–Trinajstić information content (AvgIpc) is 2.17.